The minimum Gasteiger partial charge on any atom is -0.438 e. The predicted octanol–water partition coefficient (Wildman–Crippen LogP) is 0.460. The zero-order valence-corrected chi connectivity index (χ0v) is 13.5. The number of nitrogens with two attached hydrogens (primary N) is 1. The Bertz CT molecular complexity index is 918. The van der Waals surface area contributed by atoms with Crippen LogP contribution < -0.4 is 11.1 Å². The number of aromatic nitrogens is 3. The van der Waals surface area contributed by atoms with Gasteiger partial charge in [0.05, 0.1) is 5.69 Å². The molecule has 4 N–H and O–H groups in total. The quantitative estimate of drug-likeness (QED) is 0.526. The lowest BCUT2D eigenvalue weighted by Crippen LogP contribution is -2.47. The van der Waals surface area contributed by atoms with E-state index in [9.17, 15) is 14.4 Å². The minimum absolute atomic E-state index is 0.0770. The lowest BCUT2D eigenvalue weighted by Gasteiger charge is -2.15. The number of oxazole rings is 1. The number of H-pyrrole nitrogens is 1. The zero-order valence-electron chi connectivity index (χ0n) is 13.5. The van der Waals surface area contributed by atoms with Crippen LogP contribution in [0.2, 0.25) is 0 Å². The van der Waals surface area contributed by atoms with Gasteiger partial charge in [-0.2, -0.15) is 0 Å². The number of rotatable bonds is 7. The van der Waals surface area contributed by atoms with Crippen molar-refractivity contribution in [2.45, 2.75) is 12.5 Å². The summed E-state index contributed by atoms with van der Waals surface area (Å²) in [6.45, 7) is 0. The largest absolute Gasteiger partial charge is 0.438 e. The number of ketones is 1. The SMILES string of the molecule is NC(=O)C(=O)C(Cc1ccc[nH]1)NC(=O)c1ocnc1-c1ccccn1. The first-order chi connectivity index (χ1) is 12.6. The Balaban J connectivity index is 1.83. The Morgan fingerprint density at radius 2 is 2.04 bits per heavy atom. The molecule has 1 atom stereocenters. The van der Waals surface area contributed by atoms with E-state index in [1.165, 1.54) is 0 Å². The zero-order chi connectivity index (χ0) is 18.5. The van der Waals surface area contributed by atoms with Gasteiger partial charge in [0.1, 0.15) is 11.7 Å². The van der Waals surface area contributed by atoms with Crippen LogP contribution in [0.3, 0.4) is 0 Å². The van der Waals surface area contributed by atoms with Gasteiger partial charge in [-0.1, -0.05) is 6.07 Å². The third kappa shape index (κ3) is 3.66. The van der Waals surface area contributed by atoms with E-state index in [-0.39, 0.29) is 17.9 Å². The summed E-state index contributed by atoms with van der Waals surface area (Å²) in [5.41, 5.74) is 6.41. The third-order valence-electron chi connectivity index (χ3n) is 3.63. The van der Waals surface area contributed by atoms with Gasteiger partial charge in [0.2, 0.25) is 11.5 Å². The van der Waals surface area contributed by atoms with E-state index in [2.05, 4.69) is 20.3 Å². The molecule has 3 aromatic rings. The highest BCUT2D eigenvalue weighted by Crippen LogP contribution is 2.19. The molecule has 1 unspecified atom stereocenters. The molecule has 0 aliphatic carbocycles. The number of nitrogens with zero attached hydrogens (tertiary/aromatic N) is 2. The molecule has 0 spiro atoms. The molecule has 0 aromatic carbocycles. The van der Waals surface area contributed by atoms with E-state index in [1.54, 1.807) is 42.7 Å². The molecule has 3 aromatic heterocycles. The Hall–Kier alpha value is -3.75. The van der Waals surface area contributed by atoms with Gasteiger partial charge in [-0.3, -0.25) is 19.4 Å². The van der Waals surface area contributed by atoms with Crippen molar-refractivity contribution in [2.75, 3.05) is 0 Å². The van der Waals surface area contributed by atoms with Crippen molar-refractivity contribution in [1.82, 2.24) is 20.3 Å². The van der Waals surface area contributed by atoms with E-state index in [0.717, 1.165) is 6.39 Å². The first-order valence-corrected chi connectivity index (χ1v) is 7.68. The van der Waals surface area contributed by atoms with Crippen LogP contribution in [-0.2, 0) is 16.0 Å². The molecule has 26 heavy (non-hydrogen) atoms. The Kier molecular flexibility index (Phi) is 4.88. The molecular formula is C17H15N5O4. The van der Waals surface area contributed by atoms with Crippen LogP contribution >= 0.6 is 0 Å². The number of carbonyl (C=O) groups excluding carboxylic acids is 3. The summed E-state index contributed by atoms with van der Waals surface area (Å²) >= 11 is 0. The number of hydrogen-bond donors (Lipinski definition) is 3. The molecule has 0 saturated carbocycles. The summed E-state index contributed by atoms with van der Waals surface area (Å²) in [5, 5.41) is 2.48. The van der Waals surface area contributed by atoms with Crippen LogP contribution in [0, 0.1) is 0 Å². The van der Waals surface area contributed by atoms with Crippen molar-refractivity contribution in [1.29, 1.82) is 0 Å². The van der Waals surface area contributed by atoms with Gasteiger partial charge in [-0.25, -0.2) is 4.98 Å². The van der Waals surface area contributed by atoms with Gasteiger partial charge < -0.3 is 20.5 Å². The van der Waals surface area contributed by atoms with Gasteiger partial charge >= 0.3 is 0 Å². The van der Waals surface area contributed by atoms with Gasteiger partial charge in [0, 0.05) is 24.5 Å². The number of amides is 2. The van der Waals surface area contributed by atoms with Gasteiger partial charge in [0.25, 0.3) is 11.8 Å². The number of primary amides is 1. The lowest BCUT2D eigenvalue weighted by atomic mass is 10.1. The predicted molar refractivity (Wildman–Crippen MR) is 89.7 cm³/mol. The maximum atomic E-state index is 12.6. The number of nitrogens with one attached hydrogen (secondary N) is 2. The maximum Gasteiger partial charge on any atom is 0.290 e. The summed E-state index contributed by atoms with van der Waals surface area (Å²) in [6.07, 6.45) is 4.40. The summed E-state index contributed by atoms with van der Waals surface area (Å²) in [4.78, 5) is 47.0. The molecule has 0 bridgehead atoms. The van der Waals surface area contributed by atoms with E-state index < -0.39 is 23.6 Å². The average Bonchev–Trinajstić information content (AvgIpc) is 3.32. The second kappa shape index (κ2) is 7.43. The number of Topliss-reactive ketones (excluding diaryl/α,β-unsaturated/α-hetero) is 1. The average molecular weight is 353 g/mol. The molecule has 2 amide bonds. The van der Waals surface area contributed by atoms with Crippen molar-refractivity contribution in [3.8, 4) is 11.4 Å². The summed E-state index contributed by atoms with van der Waals surface area (Å²) in [7, 11) is 0. The van der Waals surface area contributed by atoms with Crippen molar-refractivity contribution in [3.63, 3.8) is 0 Å². The van der Waals surface area contributed by atoms with Crippen molar-refractivity contribution >= 4 is 17.6 Å². The van der Waals surface area contributed by atoms with Crippen LogP contribution in [0.5, 0.6) is 0 Å². The molecule has 0 aliphatic rings. The Morgan fingerprint density at radius 3 is 2.69 bits per heavy atom. The van der Waals surface area contributed by atoms with Gasteiger partial charge in [-0.05, 0) is 24.3 Å². The second-order valence-electron chi connectivity index (χ2n) is 5.40. The first-order valence-electron chi connectivity index (χ1n) is 7.68. The summed E-state index contributed by atoms with van der Waals surface area (Å²) in [5.74, 6) is -2.86. The molecule has 3 heterocycles. The van der Waals surface area contributed by atoms with E-state index in [0.29, 0.717) is 11.4 Å². The molecule has 0 fully saturated rings. The first kappa shape index (κ1) is 17.1. The molecule has 132 valence electrons. The van der Waals surface area contributed by atoms with E-state index in [1.807, 2.05) is 0 Å². The smallest absolute Gasteiger partial charge is 0.290 e. The van der Waals surface area contributed by atoms with Gasteiger partial charge in [0.15, 0.2) is 6.39 Å². The fourth-order valence-corrected chi connectivity index (χ4v) is 2.41. The van der Waals surface area contributed by atoms with Crippen LogP contribution in [0.25, 0.3) is 11.4 Å². The normalized spacial score (nSPS) is 11.7. The molecule has 9 nitrogen and oxygen atoms in total. The maximum absolute atomic E-state index is 12.6. The van der Waals surface area contributed by atoms with Crippen LogP contribution in [0.15, 0.2) is 53.5 Å². The standard InChI is InChI=1S/C17H15N5O4/c18-16(24)14(23)12(8-10-4-3-7-19-10)22-17(25)15-13(21-9-26-15)11-5-1-2-6-20-11/h1-7,9,12,19H,8H2,(H2,18,24)(H,22,25). The minimum atomic E-state index is -1.14. The highest BCUT2D eigenvalue weighted by atomic mass is 16.3. The van der Waals surface area contributed by atoms with Crippen molar-refractivity contribution < 1.29 is 18.8 Å². The molecule has 0 aliphatic heterocycles. The van der Waals surface area contributed by atoms with Crippen LogP contribution in [-0.4, -0.2) is 38.6 Å². The summed E-state index contributed by atoms with van der Waals surface area (Å²) in [6, 6.07) is 7.45. The molecule has 3 rings (SSSR count). The fraction of sp³-hybridized carbons (Fsp3) is 0.118. The highest BCUT2D eigenvalue weighted by Gasteiger charge is 2.28. The van der Waals surface area contributed by atoms with E-state index in [4.69, 9.17) is 10.2 Å². The van der Waals surface area contributed by atoms with Gasteiger partial charge in [-0.15, -0.1) is 0 Å². The lowest BCUT2D eigenvalue weighted by molar-refractivity contribution is -0.137. The molecule has 0 saturated heterocycles. The molecule has 9 heteroatoms. The topological polar surface area (TPSA) is 144 Å². The third-order valence-corrected chi connectivity index (χ3v) is 3.63. The molecule has 0 radical (unpaired) electrons. The monoisotopic (exact) mass is 353 g/mol. The summed E-state index contributed by atoms with van der Waals surface area (Å²) < 4.78 is 5.16. The second-order valence-corrected chi connectivity index (χ2v) is 5.40. The highest BCUT2D eigenvalue weighted by molar-refractivity contribution is 6.38. The number of hydrogen-bond acceptors (Lipinski definition) is 6. The van der Waals surface area contributed by atoms with E-state index >= 15 is 0 Å². The fourth-order valence-electron chi connectivity index (χ4n) is 2.41. The Labute approximate surface area is 147 Å². The number of carbonyl (C=O) groups is 3. The number of pyridine rings is 1. The Morgan fingerprint density at radius 1 is 1.19 bits per heavy atom. The van der Waals surface area contributed by atoms with Crippen molar-refractivity contribution in [3.05, 3.63) is 60.6 Å². The van der Waals surface area contributed by atoms with Crippen molar-refractivity contribution in [2.24, 2.45) is 5.73 Å². The molecular weight excluding hydrogens is 338 g/mol. The van der Waals surface area contributed by atoms with Crippen LogP contribution in [0.1, 0.15) is 16.2 Å². The number of aromatic amines is 1. The van der Waals surface area contributed by atoms with Crippen LogP contribution in [0.4, 0.5) is 0 Å².